The molecule has 0 bridgehead atoms. The molecule has 0 aromatic heterocycles. The second-order valence-corrected chi connectivity index (χ2v) is 0.224. The van der Waals surface area contributed by atoms with Crippen molar-refractivity contribution in [1.82, 2.24) is 0 Å². The number of halogens is 2. The molecule has 0 rings (SSSR count). The van der Waals surface area contributed by atoms with Gasteiger partial charge in [-0.25, -0.2) is 0 Å². The van der Waals surface area contributed by atoms with E-state index in [4.69, 9.17) is 9.13 Å². The van der Waals surface area contributed by atoms with Crippen molar-refractivity contribution in [2.45, 2.75) is 21.3 Å². The molecule has 0 aromatic rings. The topological polar surface area (TPSA) is 34.1 Å². The minimum absolute atomic E-state index is 0. The molecule has 55 valence electrons. The zero-order valence-electron chi connectivity index (χ0n) is 4.08. The molecular weight excluding hydrogens is 170 g/mol. The summed E-state index contributed by atoms with van der Waals surface area (Å²) in [7, 11) is -1.08. The molecule has 0 amide bonds. The first-order valence-electron chi connectivity index (χ1n) is 1.37. The molecule has 5 heteroatoms. The van der Waals surface area contributed by atoms with Gasteiger partial charge in [-0.1, -0.05) is 21.3 Å². The van der Waals surface area contributed by atoms with Gasteiger partial charge < -0.3 is 0 Å². The van der Waals surface area contributed by atoms with Gasteiger partial charge in [-0.3, -0.25) is 0 Å². The SMILES string of the molecule is C.CC.Cl.Cl.O=[P]=O. The molecular formula is C3H12Cl2O2P. The fraction of sp³-hybridized carbons (Fsp3) is 1.00. The Labute approximate surface area is 64.1 Å². The van der Waals surface area contributed by atoms with Crippen LogP contribution in [0.2, 0.25) is 0 Å². The molecule has 0 fully saturated rings. The van der Waals surface area contributed by atoms with Gasteiger partial charge in [0.1, 0.15) is 0 Å². The molecule has 1 radical (unpaired) electrons. The van der Waals surface area contributed by atoms with Crippen LogP contribution in [0.1, 0.15) is 21.3 Å². The van der Waals surface area contributed by atoms with Crippen LogP contribution in [0.3, 0.4) is 0 Å². The number of hydrogen-bond acceptors (Lipinski definition) is 2. The first-order chi connectivity index (χ1) is 2.41. The summed E-state index contributed by atoms with van der Waals surface area (Å²) in [4.78, 5) is 0. The van der Waals surface area contributed by atoms with Crippen LogP contribution in [-0.4, -0.2) is 0 Å². The van der Waals surface area contributed by atoms with Crippen molar-refractivity contribution < 1.29 is 9.13 Å². The minimum atomic E-state index is -1.08. The summed E-state index contributed by atoms with van der Waals surface area (Å²) in [5.41, 5.74) is 0. The van der Waals surface area contributed by atoms with Gasteiger partial charge >= 0.3 is 17.5 Å². The van der Waals surface area contributed by atoms with Gasteiger partial charge in [0.25, 0.3) is 0 Å². The molecule has 8 heavy (non-hydrogen) atoms. The number of hydrogen-bond donors (Lipinski definition) is 0. The summed E-state index contributed by atoms with van der Waals surface area (Å²) >= 11 is 0. The molecule has 0 saturated heterocycles. The molecule has 0 aliphatic carbocycles. The Kier molecular flexibility index (Phi) is 613. The standard InChI is InChI=1S/C2H6.CH4.2ClH.O2P/c1-2;;;;1-3-2/h1-2H3;1H4;2*1H;. The molecule has 0 aliphatic heterocycles. The summed E-state index contributed by atoms with van der Waals surface area (Å²) < 4.78 is 16.7. The maximum atomic E-state index is 8.35. The molecule has 0 N–H and O–H groups in total. The quantitative estimate of drug-likeness (QED) is 0.539. The fourth-order valence-electron chi connectivity index (χ4n) is 0. The number of rotatable bonds is 0. The van der Waals surface area contributed by atoms with Crippen LogP contribution in [-0.2, 0) is 9.13 Å². The third-order valence-electron chi connectivity index (χ3n) is 0. The Morgan fingerprint density at radius 3 is 1.00 bits per heavy atom. The molecule has 0 atom stereocenters. The third kappa shape index (κ3) is 559. The molecule has 0 aromatic carbocycles. The monoisotopic (exact) mass is 181 g/mol. The van der Waals surface area contributed by atoms with Crippen molar-refractivity contribution in [3.8, 4) is 0 Å². The van der Waals surface area contributed by atoms with E-state index in [1.807, 2.05) is 13.8 Å². The van der Waals surface area contributed by atoms with Gasteiger partial charge in [-0.2, -0.15) is 0 Å². The van der Waals surface area contributed by atoms with Gasteiger partial charge in [0.2, 0.25) is 0 Å². The van der Waals surface area contributed by atoms with Gasteiger partial charge in [-0.15, -0.1) is 24.8 Å². The van der Waals surface area contributed by atoms with E-state index in [0.29, 0.717) is 0 Å². The van der Waals surface area contributed by atoms with E-state index in [1.54, 1.807) is 0 Å². The summed E-state index contributed by atoms with van der Waals surface area (Å²) in [5.74, 6) is 0. The Hall–Kier alpha value is 0.610. The molecule has 0 unspecified atom stereocenters. The van der Waals surface area contributed by atoms with Crippen LogP contribution < -0.4 is 0 Å². The van der Waals surface area contributed by atoms with Crippen molar-refractivity contribution in [3.05, 3.63) is 0 Å². The first kappa shape index (κ1) is 38.3. The predicted octanol–water partition coefficient (Wildman–Crippen LogP) is 3.13. The molecule has 0 spiro atoms. The van der Waals surface area contributed by atoms with Crippen molar-refractivity contribution >= 4 is 33.2 Å². The van der Waals surface area contributed by atoms with Crippen molar-refractivity contribution in [1.29, 1.82) is 0 Å². The predicted molar refractivity (Wildman–Crippen MR) is 40.9 cm³/mol. The second-order valence-electron chi connectivity index (χ2n) is 0.0745. The van der Waals surface area contributed by atoms with Gasteiger partial charge in [0, 0.05) is 0 Å². The molecule has 0 heterocycles. The average Bonchev–Trinajstić information content (AvgIpc) is 1.46. The Bertz CT molecular complexity index is 36.3. The second kappa shape index (κ2) is 128. The zero-order chi connectivity index (χ0) is 4.71. The molecule has 0 aliphatic rings. The van der Waals surface area contributed by atoms with E-state index in [0.717, 1.165) is 0 Å². The Morgan fingerprint density at radius 2 is 1.00 bits per heavy atom. The normalized spacial score (nSPS) is 1.75. The van der Waals surface area contributed by atoms with Crippen LogP contribution in [0.5, 0.6) is 0 Å². The van der Waals surface area contributed by atoms with Gasteiger partial charge in [0.05, 0.1) is 0 Å². The Balaban J connectivity index is -0.00000000567. The van der Waals surface area contributed by atoms with Crippen molar-refractivity contribution in [2.24, 2.45) is 0 Å². The van der Waals surface area contributed by atoms with E-state index in [1.165, 1.54) is 0 Å². The molecule has 0 saturated carbocycles. The van der Waals surface area contributed by atoms with E-state index >= 15 is 0 Å². The third-order valence-corrected chi connectivity index (χ3v) is 0. The van der Waals surface area contributed by atoms with Gasteiger partial charge in [0.15, 0.2) is 0 Å². The fourth-order valence-corrected chi connectivity index (χ4v) is 0. The molecule has 2 nitrogen and oxygen atoms in total. The maximum absolute atomic E-state index is 8.35. The van der Waals surface area contributed by atoms with Crippen molar-refractivity contribution in [2.75, 3.05) is 0 Å². The summed E-state index contributed by atoms with van der Waals surface area (Å²) in [6, 6.07) is 0. The summed E-state index contributed by atoms with van der Waals surface area (Å²) in [6.45, 7) is 4.00. The van der Waals surface area contributed by atoms with Crippen LogP contribution in [0.25, 0.3) is 0 Å². The summed E-state index contributed by atoms with van der Waals surface area (Å²) in [5, 5.41) is 0. The first-order valence-corrected chi connectivity index (χ1v) is 2.10. The average molecular weight is 182 g/mol. The zero-order valence-corrected chi connectivity index (χ0v) is 6.61. The van der Waals surface area contributed by atoms with E-state index in [2.05, 4.69) is 0 Å². The van der Waals surface area contributed by atoms with E-state index in [-0.39, 0.29) is 32.2 Å². The summed E-state index contributed by atoms with van der Waals surface area (Å²) in [6.07, 6.45) is 0. The van der Waals surface area contributed by atoms with E-state index in [9.17, 15) is 0 Å². The van der Waals surface area contributed by atoms with Crippen molar-refractivity contribution in [3.63, 3.8) is 0 Å². The van der Waals surface area contributed by atoms with Gasteiger partial charge in [-0.05, 0) is 0 Å². The van der Waals surface area contributed by atoms with Crippen LogP contribution in [0.4, 0.5) is 0 Å². The van der Waals surface area contributed by atoms with Crippen LogP contribution in [0.15, 0.2) is 0 Å². The van der Waals surface area contributed by atoms with Crippen LogP contribution in [0, 0.1) is 0 Å². The van der Waals surface area contributed by atoms with Crippen LogP contribution >= 0.6 is 33.2 Å². The Morgan fingerprint density at radius 1 is 1.00 bits per heavy atom. The van der Waals surface area contributed by atoms with E-state index < -0.39 is 8.34 Å².